The van der Waals surface area contributed by atoms with Crippen LogP contribution in [0.5, 0.6) is 17.2 Å². The Morgan fingerprint density at radius 2 is 1.96 bits per heavy atom. The van der Waals surface area contributed by atoms with Crippen LogP contribution in [0.25, 0.3) is 11.4 Å². The van der Waals surface area contributed by atoms with E-state index >= 15 is 0 Å². The van der Waals surface area contributed by atoms with Gasteiger partial charge in [-0.3, -0.25) is 4.79 Å². The van der Waals surface area contributed by atoms with Gasteiger partial charge in [0.05, 0.1) is 7.11 Å². The second-order valence-electron chi connectivity index (χ2n) is 6.20. The fraction of sp³-hybridized carbons (Fsp3) is 0.250. The maximum absolute atomic E-state index is 12.1. The lowest BCUT2D eigenvalue weighted by molar-refractivity contribution is -0.120. The second kappa shape index (κ2) is 7.99. The summed E-state index contributed by atoms with van der Waals surface area (Å²) in [6.45, 7) is 0.746. The number of hydrogen-bond acceptors (Lipinski definition) is 7. The zero-order chi connectivity index (χ0) is 19.3. The molecule has 0 aliphatic carbocycles. The maximum atomic E-state index is 12.1. The van der Waals surface area contributed by atoms with Crippen LogP contribution >= 0.6 is 0 Å². The number of nitrogens with one attached hydrogen (secondary N) is 1. The van der Waals surface area contributed by atoms with E-state index < -0.39 is 0 Å². The predicted octanol–water partition coefficient (Wildman–Crippen LogP) is 2.38. The molecule has 1 aliphatic heterocycles. The summed E-state index contributed by atoms with van der Waals surface area (Å²) in [5, 5.41) is 6.78. The van der Waals surface area contributed by atoms with Crippen molar-refractivity contribution in [1.82, 2.24) is 15.5 Å². The van der Waals surface area contributed by atoms with Gasteiger partial charge in [-0.05, 0) is 48.4 Å². The molecule has 144 valence electrons. The molecular weight excluding hydrogens is 362 g/mol. The number of amides is 1. The zero-order valence-electron chi connectivity index (χ0n) is 15.3. The van der Waals surface area contributed by atoms with E-state index in [1.807, 2.05) is 42.5 Å². The Hall–Kier alpha value is -3.55. The van der Waals surface area contributed by atoms with Gasteiger partial charge in [-0.25, -0.2) is 0 Å². The third kappa shape index (κ3) is 4.06. The molecule has 0 saturated heterocycles. The summed E-state index contributed by atoms with van der Waals surface area (Å²) in [7, 11) is 1.60. The van der Waals surface area contributed by atoms with Gasteiger partial charge >= 0.3 is 0 Å². The van der Waals surface area contributed by atoms with Gasteiger partial charge in [0.25, 0.3) is 0 Å². The van der Waals surface area contributed by atoms with Gasteiger partial charge in [-0.2, -0.15) is 4.98 Å². The Morgan fingerprint density at radius 1 is 1.14 bits per heavy atom. The fourth-order valence-corrected chi connectivity index (χ4v) is 2.83. The first-order valence-corrected chi connectivity index (χ1v) is 8.83. The van der Waals surface area contributed by atoms with Crippen LogP contribution in [-0.4, -0.2) is 36.5 Å². The van der Waals surface area contributed by atoms with Crippen molar-refractivity contribution >= 4 is 5.91 Å². The third-order valence-electron chi connectivity index (χ3n) is 4.30. The molecule has 2 heterocycles. The van der Waals surface area contributed by atoms with Crippen molar-refractivity contribution in [2.75, 3.05) is 20.4 Å². The minimum atomic E-state index is -0.175. The molecule has 0 radical (unpaired) electrons. The summed E-state index contributed by atoms with van der Waals surface area (Å²) >= 11 is 0. The first-order chi connectivity index (χ1) is 13.7. The first kappa shape index (κ1) is 17.8. The number of fused-ring (bicyclic) bond motifs is 1. The van der Waals surface area contributed by atoms with Crippen molar-refractivity contribution < 1.29 is 23.5 Å². The number of hydrogen-bond donors (Lipinski definition) is 1. The molecule has 1 aromatic heterocycles. The van der Waals surface area contributed by atoms with Crippen LogP contribution in [0.1, 0.15) is 11.5 Å². The predicted molar refractivity (Wildman–Crippen MR) is 99.3 cm³/mol. The Labute approximate surface area is 161 Å². The second-order valence-corrected chi connectivity index (χ2v) is 6.20. The maximum Gasteiger partial charge on any atom is 0.236 e. The SMILES string of the molecule is COc1ccc(-c2noc(CC(=O)NCCc3ccc4c(c3)OCO4)n2)cc1. The van der Waals surface area contributed by atoms with E-state index in [9.17, 15) is 4.79 Å². The molecule has 0 saturated carbocycles. The van der Waals surface area contributed by atoms with E-state index in [1.165, 1.54) is 0 Å². The lowest BCUT2D eigenvalue weighted by Gasteiger charge is -2.05. The number of rotatable bonds is 7. The lowest BCUT2D eigenvalue weighted by Crippen LogP contribution is -2.27. The molecule has 3 aromatic rings. The van der Waals surface area contributed by atoms with Gasteiger partial charge in [-0.15, -0.1) is 0 Å². The number of benzene rings is 2. The third-order valence-corrected chi connectivity index (χ3v) is 4.30. The Balaban J connectivity index is 1.27. The van der Waals surface area contributed by atoms with Crippen LogP contribution in [0, 0.1) is 0 Å². The average molecular weight is 381 g/mol. The molecule has 0 spiro atoms. The summed E-state index contributed by atoms with van der Waals surface area (Å²) < 4.78 is 20.9. The largest absolute Gasteiger partial charge is 0.497 e. The van der Waals surface area contributed by atoms with E-state index in [0.717, 1.165) is 28.4 Å². The molecule has 0 bridgehead atoms. The first-order valence-electron chi connectivity index (χ1n) is 8.83. The van der Waals surface area contributed by atoms with Gasteiger partial charge in [0.1, 0.15) is 12.2 Å². The van der Waals surface area contributed by atoms with Crippen molar-refractivity contribution in [2.45, 2.75) is 12.8 Å². The Bertz CT molecular complexity index is 968. The van der Waals surface area contributed by atoms with Crippen molar-refractivity contribution in [3.63, 3.8) is 0 Å². The van der Waals surface area contributed by atoms with Crippen LogP contribution in [0.4, 0.5) is 0 Å². The number of nitrogens with zero attached hydrogens (tertiary/aromatic N) is 2. The van der Waals surface area contributed by atoms with Crippen molar-refractivity contribution in [2.24, 2.45) is 0 Å². The average Bonchev–Trinajstić information content (AvgIpc) is 3.37. The van der Waals surface area contributed by atoms with E-state index in [1.54, 1.807) is 7.11 Å². The summed E-state index contributed by atoms with van der Waals surface area (Å²) in [6, 6.07) is 13.0. The van der Waals surface area contributed by atoms with Crippen LogP contribution in [-0.2, 0) is 17.6 Å². The number of ether oxygens (including phenoxy) is 3. The summed E-state index contributed by atoms with van der Waals surface area (Å²) in [4.78, 5) is 16.4. The highest BCUT2D eigenvalue weighted by molar-refractivity contribution is 5.77. The highest BCUT2D eigenvalue weighted by Crippen LogP contribution is 2.32. The van der Waals surface area contributed by atoms with Gasteiger partial charge in [0, 0.05) is 12.1 Å². The minimum absolute atomic E-state index is 0.0320. The standard InChI is InChI=1S/C20H19N3O5/c1-25-15-5-3-14(4-6-15)20-22-19(28-23-20)11-18(24)21-9-8-13-2-7-16-17(10-13)27-12-26-16/h2-7,10H,8-9,11-12H2,1H3,(H,21,24). The van der Waals surface area contributed by atoms with E-state index in [2.05, 4.69) is 15.5 Å². The minimum Gasteiger partial charge on any atom is -0.497 e. The van der Waals surface area contributed by atoms with E-state index in [-0.39, 0.29) is 25.0 Å². The fourth-order valence-electron chi connectivity index (χ4n) is 2.83. The topological polar surface area (TPSA) is 95.7 Å². The van der Waals surface area contributed by atoms with Gasteiger partial charge in [0.15, 0.2) is 11.5 Å². The van der Waals surface area contributed by atoms with E-state index in [0.29, 0.717) is 18.8 Å². The van der Waals surface area contributed by atoms with Crippen LogP contribution in [0.15, 0.2) is 47.0 Å². The van der Waals surface area contributed by atoms with Crippen molar-refractivity contribution in [3.8, 4) is 28.6 Å². The van der Waals surface area contributed by atoms with Crippen LogP contribution in [0.3, 0.4) is 0 Å². The van der Waals surface area contributed by atoms with E-state index in [4.69, 9.17) is 18.7 Å². The summed E-state index contributed by atoms with van der Waals surface area (Å²) in [6.07, 6.45) is 0.716. The molecule has 0 fully saturated rings. The summed E-state index contributed by atoms with van der Waals surface area (Å²) in [5.74, 6) is 2.76. The molecule has 2 aromatic carbocycles. The van der Waals surface area contributed by atoms with Gasteiger partial charge < -0.3 is 24.1 Å². The molecule has 1 amide bonds. The normalized spacial score (nSPS) is 12.0. The molecule has 0 atom stereocenters. The molecule has 4 rings (SSSR count). The molecule has 1 aliphatic rings. The smallest absolute Gasteiger partial charge is 0.236 e. The van der Waals surface area contributed by atoms with Crippen molar-refractivity contribution in [3.05, 3.63) is 53.9 Å². The molecule has 28 heavy (non-hydrogen) atoms. The highest BCUT2D eigenvalue weighted by atomic mass is 16.7. The van der Waals surface area contributed by atoms with Crippen molar-refractivity contribution in [1.29, 1.82) is 0 Å². The number of methoxy groups -OCH3 is 1. The lowest BCUT2D eigenvalue weighted by atomic mass is 10.1. The molecule has 0 unspecified atom stereocenters. The number of aromatic nitrogens is 2. The Morgan fingerprint density at radius 3 is 2.79 bits per heavy atom. The number of carbonyl (C=O) groups is 1. The Kier molecular flexibility index (Phi) is 5.09. The van der Waals surface area contributed by atoms with Crippen LogP contribution < -0.4 is 19.5 Å². The zero-order valence-corrected chi connectivity index (χ0v) is 15.3. The molecular formula is C20H19N3O5. The number of carbonyl (C=O) groups excluding carboxylic acids is 1. The van der Waals surface area contributed by atoms with Gasteiger partial charge in [-0.1, -0.05) is 11.2 Å². The quantitative estimate of drug-likeness (QED) is 0.671. The van der Waals surface area contributed by atoms with Gasteiger partial charge in [0.2, 0.25) is 24.4 Å². The molecule has 8 nitrogen and oxygen atoms in total. The highest BCUT2D eigenvalue weighted by Gasteiger charge is 2.14. The molecule has 1 N–H and O–H groups in total. The molecule has 8 heteroatoms. The monoisotopic (exact) mass is 381 g/mol. The van der Waals surface area contributed by atoms with Crippen LogP contribution in [0.2, 0.25) is 0 Å². The summed E-state index contributed by atoms with van der Waals surface area (Å²) in [5.41, 5.74) is 1.85.